The highest BCUT2D eigenvalue weighted by atomic mass is 16.5. The summed E-state index contributed by atoms with van der Waals surface area (Å²) in [5.41, 5.74) is 8.79. The maximum Gasteiger partial charge on any atom is 0.253 e. The van der Waals surface area contributed by atoms with Crippen LogP contribution in [0, 0.1) is 0 Å². The Hall–Kier alpha value is -2.89. The van der Waals surface area contributed by atoms with Gasteiger partial charge < -0.3 is 25.8 Å². The summed E-state index contributed by atoms with van der Waals surface area (Å²) in [6, 6.07) is 11.1. The molecule has 2 rings (SSSR count). The Bertz CT molecular complexity index is 732. The van der Waals surface area contributed by atoms with Crippen LogP contribution in [-0.4, -0.2) is 33.2 Å². The molecule has 0 spiro atoms. The Labute approximate surface area is 148 Å². The first-order chi connectivity index (χ1) is 12.1. The fourth-order valence-electron chi connectivity index (χ4n) is 2.54. The molecule has 1 amide bonds. The van der Waals surface area contributed by atoms with Gasteiger partial charge in [-0.05, 0) is 49.2 Å². The van der Waals surface area contributed by atoms with Crippen molar-refractivity contribution < 1.29 is 14.3 Å². The van der Waals surface area contributed by atoms with Gasteiger partial charge in [-0.3, -0.25) is 4.79 Å². The molecule has 4 N–H and O–H groups in total. The molecule has 0 radical (unpaired) electrons. The molecule has 0 bridgehead atoms. The molecule has 0 aromatic heterocycles. The smallest absolute Gasteiger partial charge is 0.253 e. The zero-order valence-electron chi connectivity index (χ0n) is 14.9. The normalized spacial score (nSPS) is 10.2. The molecule has 2 aromatic rings. The van der Waals surface area contributed by atoms with Crippen molar-refractivity contribution in [1.29, 1.82) is 0 Å². The van der Waals surface area contributed by atoms with Crippen LogP contribution in [0.5, 0.6) is 11.5 Å². The standard InChI is InChI=1S/C19H25N3O3/c1-4-21-19(23)15-12-14(20)6-7-16(15)22-10-9-13-5-8-17(24-2)18(11-13)25-3/h5-8,11-12,22H,4,9-10,20H2,1-3H3,(H,21,23). The minimum Gasteiger partial charge on any atom is -0.493 e. The summed E-state index contributed by atoms with van der Waals surface area (Å²) in [5, 5.41) is 6.11. The summed E-state index contributed by atoms with van der Waals surface area (Å²) in [6.07, 6.45) is 0.777. The second kappa shape index (κ2) is 8.82. The lowest BCUT2D eigenvalue weighted by Crippen LogP contribution is -2.24. The molecule has 0 aliphatic rings. The van der Waals surface area contributed by atoms with Gasteiger partial charge in [0.15, 0.2) is 11.5 Å². The fraction of sp³-hybridized carbons (Fsp3) is 0.316. The molecule has 0 aliphatic carbocycles. The third kappa shape index (κ3) is 4.79. The highest BCUT2D eigenvalue weighted by molar-refractivity contribution is 6.00. The molecule has 2 aromatic carbocycles. The van der Waals surface area contributed by atoms with Crippen LogP contribution in [0.25, 0.3) is 0 Å². The summed E-state index contributed by atoms with van der Waals surface area (Å²) < 4.78 is 10.6. The Morgan fingerprint density at radius 2 is 1.84 bits per heavy atom. The van der Waals surface area contributed by atoms with Gasteiger partial charge in [-0.2, -0.15) is 0 Å². The van der Waals surface area contributed by atoms with Crippen molar-refractivity contribution >= 4 is 17.3 Å². The number of amides is 1. The zero-order valence-corrected chi connectivity index (χ0v) is 14.9. The molecule has 0 fully saturated rings. The summed E-state index contributed by atoms with van der Waals surface area (Å²) in [6.45, 7) is 3.12. The predicted octanol–water partition coefficient (Wildman–Crippen LogP) is 2.69. The quantitative estimate of drug-likeness (QED) is 0.642. The van der Waals surface area contributed by atoms with Crippen molar-refractivity contribution in [2.24, 2.45) is 0 Å². The van der Waals surface area contributed by atoms with Gasteiger partial charge in [0.25, 0.3) is 5.91 Å². The van der Waals surface area contributed by atoms with Crippen LogP contribution in [0.15, 0.2) is 36.4 Å². The number of nitrogen functional groups attached to an aromatic ring is 1. The second-order valence-corrected chi connectivity index (χ2v) is 5.53. The molecule has 0 unspecified atom stereocenters. The maximum absolute atomic E-state index is 12.2. The first-order valence-corrected chi connectivity index (χ1v) is 8.21. The van der Waals surface area contributed by atoms with Gasteiger partial charge in [0.2, 0.25) is 0 Å². The summed E-state index contributed by atoms with van der Waals surface area (Å²) >= 11 is 0. The second-order valence-electron chi connectivity index (χ2n) is 5.53. The van der Waals surface area contributed by atoms with Crippen molar-refractivity contribution in [3.05, 3.63) is 47.5 Å². The zero-order chi connectivity index (χ0) is 18.2. The Kier molecular flexibility index (Phi) is 6.51. The fourth-order valence-corrected chi connectivity index (χ4v) is 2.54. The number of methoxy groups -OCH3 is 2. The van der Waals surface area contributed by atoms with E-state index in [9.17, 15) is 4.79 Å². The van der Waals surface area contributed by atoms with Crippen LogP contribution in [0.2, 0.25) is 0 Å². The monoisotopic (exact) mass is 343 g/mol. The molecule has 6 nitrogen and oxygen atoms in total. The van der Waals surface area contributed by atoms with Gasteiger partial charge in [-0.25, -0.2) is 0 Å². The lowest BCUT2D eigenvalue weighted by molar-refractivity contribution is 0.0956. The average Bonchev–Trinajstić information content (AvgIpc) is 2.62. The lowest BCUT2D eigenvalue weighted by atomic mass is 10.1. The number of rotatable bonds is 8. The van der Waals surface area contributed by atoms with E-state index in [1.54, 1.807) is 26.4 Å². The van der Waals surface area contributed by atoms with Crippen LogP contribution in [-0.2, 0) is 6.42 Å². The number of nitrogens with one attached hydrogen (secondary N) is 2. The van der Waals surface area contributed by atoms with E-state index in [2.05, 4.69) is 10.6 Å². The number of carbonyl (C=O) groups is 1. The minimum absolute atomic E-state index is 0.136. The molecule has 0 saturated heterocycles. The van der Waals surface area contributed by atoms with Gasteiger partial charge in [-0.1, -0.05) is 6.07 Å². The highest BCUT2D eigenvalue weighted by Gasteiger charge is 2.11. The van der Waals surface area contributed by atoms with Crippen LogP contribution >= 0.6 is 0 Å². The van der Waals surface area contributed by atoms with E-state index in [0.29, 0.717) is 35.8 Å². The van der Waals surface area contributed by atoms with E-state index in [4.69, 9.17) is 15.2 Å². The van der Waals surface area contributed by atoms with Gasteiger partial charge in [0, 0.05) is 24.5 Å². The number of hydrogen-bond donors (Lipinski definition) is 3. The van der Waals surface area contributed by atoms with Gasteiger partial charge in [-0.15, -0.1) is 0 Å². The number of carbonyl (C=O) groups excluding carboxylic acids is 1. The van der Waals surface area contributed by atoms with Gasteiger partial charge in [0.1, 0.15) is 0 Å². The van der Waals surface area contributed by atoms with Crippen LogP contribution in [0.1, 0.15) is 22.8 Å². The first-order valence-electron chi connectivity index (χ1n) is 8.21. The Morgan fingerprint density at radius 1 is 1.08 bits per heavy atom. The molecule has 0 heterocycles. The van der Waals surface area contributed by atoms with E-state index in [1.807, 2.05) is 31.2 Å². The number of ether oxygens (including phenoxy) is 2. The van der Waals surface area contributed by atoms with E-state index >= 15 is 0 Å². The van der Waals surface area contributed by atoms with Crippen molar-refractivity contribution in [1.82, 2.24) is 5.32 Å². The topological polar surface area (TPSA) is 85.6 Å². The third-order valence-electron chi connectivity index (χ3n) is 3.80. The third-order valence-corrected chi connectivity index (χ3v) is 3.80. The molecule has 0 saturated carbocycles. The maximum atomic E-state index is 12.2. The molecule has 134 valence electrons. The Balaban J connectivity index is 2.06. The SMILES string of the molecule is CCNC(=O)c1cc(N)ccc1NCCc1ccc(OC)c(OC)c1. The molecular weight excluding hydrogens is 318 g/mol. The summed E-state index contributed by atoms with van der Waals surface area (Å²) in [4.78, 5) is 12.2. The van der Waals surface area contributed by atoms with E-state index < -0.39 is 0 Å². The van der Waals surface area contributed by atoms with E-state index in [1.165, 1.54) is 0 Å². The largest absolute Gasteiger partial charge is 0.493 e. The average molecular weight is 343 g/mol. The Morgan fingerprint density at radius 3 is 2.52 bits per heavy atom. The summed E-state index contributed by atoms with van der Waals surface area (Å²) in [7, 11) is 3.23. The van der Waals surface area contributed by atoms with Crippen LogP contribution < -0.4 is 25.8 Å². The van der Waals surface area contributed by atoms with Crippen molar-refractivity contribution in [2.45, 2.75) is 13.3 Å². The lowest BCUT2D eigenvalue weighted by Gasteiger charge is -2.13. The molecule has 6 heteroatoms. The van der Waals surface area contributed by atoms with E-state index in [-0.39, 0.29) is 5.91 Å². The van der Waals surface area contributed by atoms with E-state index in [0.717, 1.165) is 17.7 Å². The van der Waals surface area contributed by atoms with Crippen LogP contribution in [0.3, 0.4) is 0 Å². The van der Waals surface area contributed by atoms with Crippen molar-refractivity contribution in [3.8, 4) is 11.5 Å². The molecular formula is C19H25N3O3. The number of hydrogen-bond acceptors (Lipinski definition) is 5. The number of anilines is 2. The highest BCUT2D eigenvalue weighted by Crippen LogP contribution is 2.27. The summed E-state index contributed by atoms with van der Waals surface area (Å²) in [5.74, 6) is 1.27. The number of nitrogens with two attached hydrogens (primary N) is 1. The minimum atomic E-state index is -0.136. The predicted molar refractivity (Wildman–Crippen MR) is 101 cm³/mol. The van der Waals surface area contributed by atoms with Crippen molar-refractivity contribution in [2.75, 3.05) is 38.4 Å². The number of benzene rings is 2. The molecule has 0 aliphatic heterocycles. The molecule has 25 heavy (non-hydrogen) atoms. The van der Waals surface area contributed by atoms with Gasteiger partial charge >= 0.3 is 0 Å². The van der Waals surface area contributed by atoms with Crippen molar-refractivity contribution in [3.63, 3.8) is 0 Å². The molecule has 0 atom stereocenters. The first kappa shape index (κ1) is 18.4. The van der Waals surface area contributed by atoms with Gasteiger partial charge in [0.05, 0.1) is 19.8 Å². The van der Waals surface area contributed by atoms with Crippen LogP contribution in [0.4, 0.5) is 11.4 Å².